The van der Waals surface area contributed by atoms with Gasteiger partial charge in [-0.2, -0.15) is 0 Å². The molecule has 1 aromatic heterocycles. The van der Waals surface area contributed by atoms with Crippen LogP contribution in [0.1, 0.15) is 41.1 Å². The first-order valence-corrected chi connectivity index (χ1v) is 10.2. The number of hydrogen-bond acceptors (Lipinski definition) is 5. The first-order valence-electron chi connectivity index (χ1n) is 10.2. The van der Waals surface area contributed by atoms with Crippen LogP contribution in [-0.2, 0) is 4.79 Å². The van der Waals surface area contributed by atoms with E-state index in [2.05, 4.69) is 10.6 Å². The van der Waals surface area contributed by atoms with E-state index in [0.717, 1.165) is 11.3 Å². The van der Waals surface area contributed by atoms with Crippen molar-refractivity contribution in [2.24, 2.45) is 0 Å². The van der Waals surface area contributed by atoms with Crippen LogP contribution in [0.25, 0.3) is 6.08 Å². The number of rotatable bonds is 9. The summed E-state index contributed by atoms with van der Waals surface area (Å²) < 4.78 is 15.7. The summed E-state index contributed by atoms with van der Waals surface area (Å²) in [6.07, 6.45) is 3.66. The molecule has 0 saturated heterocycles. The summed E-state index contributed by atoms with van der Waals surface area (Å²) in [5, 5.41) is 5.68. The van der Waals surface area contributed by atoms with Gasteiger partial charge in [0.05, 0.1) is 26.5 Å². The monoisotopic (exact) mass is 434 g/mol. The van der Waals surface area contributed by atoms with Crippen molar-refractivity contribution >= 4 is 17.9 Å². The predicted molar refractivity (Wildman–Crippen MR) is 121 cm³/mol. The number of ether oxygens (including phenoxy) is 2. The van der Waals surface area contributed by atoms with E-state index in [1.54, 1.807) is 50.6 Å². The van der Waals surface area contributed by atoms with Crippen molar-refractivity contribution in [3.8, 4) is 11.5 Å². The second-order valence-corrected chi connectivity index (χ2v) is 6.96. The highest BCUT2D eigenvalue weighted by Gasteiger charge is 2.19. The molecule has 0 bridgehead atoms. The van der Waals surface area contributed by atoms with Crippen LogP contribution in [0.15, 0.2) is 77.0 Å². The highest BCUT2D eigenvalue weighted by atomic mass is 16.5. The van der Waals surface area contributed by atoms with E-state index in [-0.39, 0.29) is 11.7 Å². The number of furan rings is 1. The molecular weight excluding hydrogens is 408 g/mol. The van der Waals surface area contributed by atoms with Gasteiger partial charge in [-0.15, -0.1) is 0 Å². The van der Waals surface area contributed by atoms with Crippen LogP contribution in [0.5, 0.6) is 11.5 Å². The van der Waals surface area contributed by atoms with Gasteiger partial charge in [0.2, 0.25) is 0 Å². The SMILES string of the molecule is CCC(NC(=O)/C(=C/c1ccco1)NC(=O)c1ccc(OC)cc1)c1ccc(OC)cc1. The van der Waals surface area contributed by atoms with Gasteiger partial charge in [-0.25, -0.2) is 0 Å². The topological polar surface area (TPSA) is 89.8 Å². The Morgan fingerprint density at radius 1 is 0.969 bits per heavy atom. The Hall–Kier alpha value is -4.00. The molecule has 0 aliphatic carbocycles. The third-order valence-corrected chi connectivity index (χ3v) is 4.91. The van der Waals surface area contributed by atoms with Crippen molar-refractivity contribution < 1.29 is 23.5 Å². The highest BCUT2D eigenvalue weighted by molar-refractivity contribution is 6.05. The van der Waals surface area contributed by atoms with Crippen molar-refractivity contribution in [2.45, 2.75) is 19.4 Å². The van der Waals surface area contributed by atoms with Gasteiger partial charge in [0.25, 0.3) is 11.8 Å². The van der Waals surface area contributed by atoms with Gasteiger partial charge in [-0.3, -0.25) is 9.59 Å². The minimum Gasteiger partial charge on any atom is -0.497 e. The van der Waals surface area contributed by atoms with Crippen LogP contribution in [0.2, 0.25) is 0 Å². The first kappa shape index (κ1) is 22.7. The molecule has 0 radical (unpaired) electrons. The van der Waals surface area contributed by atoms with Crippen LogP contribution in [0, 0.1) is 0 Å². The molecule has 166 valence electrons. The molecule has 1 unspecified atom stereocenters. The maximum Gasteiger partial charge on any atom is 0.268 e. The Morgan fingerprint density at radius 2 is 1.59 bits per heavy atom. The minimum absolute atomic E-state index is 0.0766. The van der Waals surface area contributed by atoms with E-state index in [4.69, 9.17) is 13.9 Å². The average molecular weight is 434 g/mol. The lowest BCUT2D eigenvalue weighted by Gasteiger charge is -2.19. The van der Waals surface area contributed by atoms with Gasteiger partial charge in [0, 0.05) is 11.6 Å². The Balaban J connectivity index is 1.80. The van der Waals surface area contributed by atoms with Gasteiger partial charge in [-0.05, 0) is 60.5 Å². The molecule has 2 amide bonds. The maximum absolute atomic E-state index is 13.1. The van der Waals surface area contributed by atoms with E-state index in [1.807, 2.05) is 31.2 Å². The van der Waals surface area contributed by atoms with Crippen molar-refractivity contribution in [3.05, 3.63) is 89.5 Å². The lowest BCUT2D eigenvalue weighted by Crippen LogP contribution is -2.36. The highest BCUT2D eigenvalue weighted by Crippen LogP contribution is 2.21. The third kappa shape index (κ3) is 5.78. The van der Waals surface area contributed by atoms with Crippen LogP contribution in [0.3, 0.4) is 0 Å². The average Bonchev–Trinajstić information content (AvgIpc) is 3.35. The predicted octanol–water partition coefficient (Wildman–Crippen LogP) is 4.34. The summed E-state index contributed by atoms with van der Waals surface area (Å²) in [7, 11) is 3.15. The fourth-order valence-electron chi connectivity index (χ4n) is 3.10. The Kier molecular flexibility index (Phi) is 7.70. The number of benzene rings is 2. The Labute approximate surface area is 187 Å². The molecule has 32 heavy (non-hydrogen) atoms. The number of hydrogen-bond donors (Lipinski definition) is 2. The molecule has 1 heterocycles. The van der Waals surface area contributed by atoms with E-state index < -0.39 is 11.8 Å². The molecule has 2 N–H and O–H groups in total. The second-order valence-electron chi connectivity index (χ2n) is 6.96. The molecule has 2 aromatic carbocycles. The number of carbonyl (C=O) groups excluding carboxylic acids is 2. The summed E-state index contributed by atoms with van der Waals surface area (Å²) in [5.74, 6) is 0.975. The van der Waals surface area contributed by atoms with Gasteiger partial charge in [0.1, 0.15) is 23.0 Å². The molecule has 3 aromatic rings. The lowest BCUT2D eigenvalue weighted by atomic mass is 10.0. The quantitative estimate of drug-likeness (QED) is 0.489. The van der Waals surface area contributed by atoms with Gasteiger partial charge in [-0.1, -0.05) is 19.1 Å². The standard InChI is InChI=1S/C25H26N2O5/c1-4-22(17-7-11-19(30-2)12-8-17)26-25(29)23(16-21-6-5-15-32-21)27-24(28)18-9-13-20(31-3)14-10-18/h5-16,22H,4H2,1-3H3,(H,26,29)(H,27,28)/b23-16-. The zero-order valence-corrected chi connectivity index (χ0v) is 18.3. The molecule has 0 saturated carbocycles. The number of methoxy groups -OCH3 is 2. The van der Waals surface area contributed by atoms with Crippen molar-refractivity contribution in [2.75, 3.05) is 14.2 Å². The molecule has 3 rings (SSSR count). The van der Waals surface area contributed by atoms with E-state index in [9.17, 15) is 9.59 Å². The summed E-state index contributed by atoms with van der Waals surface area (Å²) >= 11 is 0. The molecule has 0 spiro atoms. The van der Waals surface area contributed by atoms with Crippen molar-refractivity contribution in [1.82, 2.24) is 10.6 Å². The normalized spacial score (nSPS) is 12.0. The fourth-order valence-corrected chi connectivity index (χ4v) is 3.10. The fraction of sp³-hybridized carbons (Fsp3) is 0.200. The molecule has 1 atom stereocenters. The van der Waals surface area contributed by atoms with Gasteiger partial charge in [0.15, 0.2) is 0 Å². The van der Waals surface area contributed by atoms with E-state index >= 15 is 0 Å². The smallest absolute Gasteiger partial charge is 0.268 e. The number of carbonyl (C=O) groups is 2. The molecule has 7 heteroatoms. The summed E-state index contributed by atoms with van der Waals surface area (Å²) in [6, 6.07) is 17.3. The van der Waals surface area contributed by atoms with Gasteiger partial charge < -0.3 is 24.5 Å². The largest absolute Gasteiger partial charge is 0.497 e. The van der Waals surface area contributed by atoms with Crippen molar-refractivity contribution in [1.29, 1.82) is 0 Å². The lowest BCUT2D eigenvalue weighted by molar-refractivity contribution is -0.118. The number of amides is 2. The first-order chi connectivity index (χ1) is 15.5. The van der Waals surface area contributed by atoms with Crippen LogP contribution < -0.4 is 20.1 Å². The molecule has 0 aliphatic heterocycles. The molecular formula is C25H26N2O5. The number of nitrogens with one attached hydrogen (secondary N) is 2. The zero-order chi connectivity index (χ0) is 22.9. The summed E-state index contributed by atoms with van der Waals surface area (Å²) in [4.78, 5) is 25.9. The Morgan fingerprint density at radius 3 is 2.12 bits per heavy atom. The van der Waals surface area contributed by atoms with Gasteiger partial charge >= 0.3 is 0 Å². The van der Waals surface area contributed by atoms with E-state index in [0.29, 0.717) is 23.5 Å². The zero-order valence-electron chi connectivity index (χ0n) is 18.3. The summed E-state index contributed by atoms with van der Waals surface area (Å²) in [6.45, 7) is 1.97. The molecule has 7 nitrogen and oxygen atoms in total. The van der Waals surface area contributed by atoms with Crippen LogP contribution >= 0.6 is 0 Å². The minimum atomic E-state index is -0.425. The maximum atomic E-state index is 13.1. The molecule has 0 fully saturated rings. The van der Waals surface area contributed by atoms with Crippen LogP contribution in [-0.4, -0.2) is 26.0 Å². The van der Waals surface area contributed by atoms with Crippen molar-refractivity contribution in [3.63, 3.8) is 0 Å². The van der Waals surface area contributed by atoms with Crippen LogP contribution in [0.4, 0.5) is 0 Å². The second kappa shape index (κ2) is 10.9. The Bertz CT molecular complexity index is 1050. The third-order valence-electron chi connectivity index (χ3n) is 4.91. The molecule has 0 aliphatic rings. The summed E-state index contributed by atoms with van der Waals surface area (Å²) in [5.41, 5.74) is 1.40. The van der Waals surface area contributed by atoms with E-state index in [1.165, 1.54) is 12.3 Å².